The van der Waals surface area contributed by atoms with Crippen molar-refractivity contribution in [2.45, 2.75) is 71.8 Å². The first-order valence-corrected chi connectivity index (χ1v) is 13.9. The number of amides is 2. The van der Waals surface area contributed by atoms with E-state index in [1.807, 2.05) is 59.3 Å². The average Bonchev–Trinajstić information content (AvgIpc) is 2.91. The van der Waals surface area contributed by atoms with Gasteiger partial charge in [-0.3, -0.25) is 9.59 Å². The van der Waals surface area contributed by atoms with E-state index in [1.165, 1.54) is 12.8 Å². The summed E-state index contributed by atoms with van der Waals surface area (Å²) in [7, 11) is 3.67. The van der Waals surface area contributed by atoms with Gasteiger partial charge in [-0.15, -0.1) is 0 Å². The number of hydrogen-bond acceptors (Lipinski definition) is 4. The molecule has 2 amide bonds. The summed E-state index contributed by atoms with van der Waals surface area (Å²) in [4.78, 5) is 32.8. The molecule has 0 saturated carbocycles. The molecule has 0 N–H and O–H groups in total. The smallest absolute Gasteiger partial charge is 0.227 e. The Morgan fingerprint density at radius 2 is 1.62 bits per heavy atom. The van der Waals surface area contributed by atoms with Crippen LogP contribution in [0.5, 0.6) is 5.75 Å². The SMILES string of the molecule is COc1cccc(N(C)CCC(=O)N2CCCCCCCCN(C(=O)CC(C)C)c3ccccc3C2)c1. The molecule has 0 aromatic heterocycles. The third-order valence-corrected chi connectivity index (χ3v) is 7.10. The molecule has 3 rings (SSSR count). The molecule has 0 saturated heterocycles. The van der Waals surface area contributed by atoms with Gasteiger partial charge in [-0.2, -0.15) is 0 Å². The van der Waals surface area contributed by atoms with Crippen molar-refractivity contribution in [3.63, 3.8) is 0 Å². The number of nitrogens with zero attached hydrogens (tertiary/aromatic N) is 3. The summed E-state index contributed by atoms with van der Waals surface area (Å²) in [5, 5.41) is 0. The maximum absolute atomic E-state index is 13.5. The monoisotopic (exact) mass is 507 g/mol. The molecule has 1 aliphatic rings. The van der Waals surface area contributed by atoms with Crippen LogP contribution < -0.4 is 14.5 Å². The molecular formula is C31H45N3O3. The van der Waals surface area contributed by atoms with Gasteiger partial charge in [0.2, 0.25) is 11.8 Å². The third-order valence-electron chi connectivity index (χ3n) is 7.10. The zero-order valence-corrected chi connectivity index (χ0v) is 23.2. The van der Waals surface area contributed by atoms with Crippen molar-refractivity contribution in [3.8, 4) is 5.75 Å². The highest BCUT2D eigenvalue weighted by molar-refractivity contribution is 5.94. The van der Waals surface area contributed by atoms with Gasteiger partial charge < -0.3 is 19.4 Å². The number of hydrogen-bond donors (Lipinski definition) is 0. The fraction of sp³-hybridized carbons (Fsp3) is 0.548. The van der Waals surface area contributed by atoms with Crippen LogP contribution in [0.3, 0.4) is 0 Å². The summed E-state index contributed by atoms with van der Waals surface area (Å²) in [6.45, 7) is 6.82. The van der Waals surface area contributed by atoms with Gasteiger partial charge in [0.25, 0.3) is 0 Å². The number of fused-ring (bicyclic) bond motifs is 1. The number of ether oxygens (including phenoxy) is 1. The van der Waals surface area contributed by atoms with Crippen LogP contribution in [-0.2, 0) is 16.1 Å². The van der Waals surface area contributed by atoms with E-state index in [0.717, 1.165) is 61.5 Å². The Balaban J connectivity index is 1.78. The Morgan fingerprint density at radius 1 is 0.919 bits per heavy atom. The number of para-hydroxylation sites is 1. The van der Waals surface area contributed by atoms with Gasteiger partial charge in [0, 0.05) is 63.5 Å². The van der Waals surface area contributed by atoms with Crippen LogP contribution >= 0.6 is 0 Å². The second-order valence-electron chi connectivity index (χ2n) is 10.6. The Labute approximate surface area is 223 Å². The normalized spacial score (nSPS) is 15.3. The summed E-state index contributed by atoms with van der Waals surface area (Å²) in [5.41, 5.74) is 3.04. The van der Waals surface area contributed by atoms with Gasteiger partial charge in [-0.05, 0) is 42.5 Å². The summed E-state index contributed by atoms with van der Waals surface area (Å²) in [6.07, 6.45) is 7.60. The van der Waals surface area contributed by atoms with Crippen molar-refractivity contribution in [1.29, 1.82) is 0 Å². The number of carbonyl (C=O) groups is 2. The maximum Gasteiger partial charge on any atom is 0.227 e. The van der Waals surface area contributed by atoms with Gasteiger partial charge in [0.05, 0.1) is 7.11 Å². The average molecular weight is 508 g/mol. The maximum atomic E-state index is 13.5. The van der Waals surface area contributed by atoms with Gasteiger partial charge >= 0.3 is 0 Å². The molecule has 0 radical (unpaired) electrons. The standard InChI is InChI=1S/C31H45N3O3/c1-25(2)22-31(36)34-20-12-8-6-5-7-11-19-33(24-26-14-9-10-17-29(26)34)30(35)18-21-32(3)27-15-13-16-28(23-27)37-4/h9-10,13-17,23,25H,5-8,11-12,18-22,24H2,1-4H3. The number of rotatable bonds is 7. The van der Waals surface area contributed by atoms with Gasteiger partial charge in [0.15, 0.2) is 0 Å². The summed E-state index contributed by atoms with van der Waals surface area (Å²) >= 11 is 0. The van der Waals surface area contributed by atoms with E-state index in [2.05, 4.69) is 24.8 Å². The van der Waals surface area contributed by atoms with E-state index in [4.69, 9.17) is 4.74 Å². The molecule has 2 aromatic carbocycles. The molecule has 0 aliphatic carbocycles. The minimum absolute atomic E-state index is 0.152. The van der Waals surface area contributed by atoms with Crippen LogP contribution in [0, 0.1) is 5.92 Å². The van der Waals surface area contributed by atoms with E-state index in [-0.39, 0.29) is 11.8 Å². The lowest BCUT2D eigenvalue weighted by molar-refractivity contribution is -0.131. The molecule has 2 aromatic rings. The Morgan fingerprint density at radius 3 is 2.35 bits per heavy atom. The molecule has 1 heterocycles. The molecule has 6 heteroatoms. The van der Waals surface area contributed by atoms with E-state index in [0.29, 0.717) is 31.8 Å². The fourth-order valence-corrected chi connectivity index (χ4v) is 4.92. The highest BCUT2D eigenvalue weighted by Gasteiger charge is 2.22. The van der Waals surface area contributed by atoms with Crippen molar-refractivity contribution in [2.24, 2.45) is 5.92 Å². The van der Waals surface area contributed by atoms with Gasteiger partial charge in [-0.1, -0.05) is 63.8 Å². The first-order valence-electron chi connectivity index (χ1n) is 13.9. The molecule has 202 valence electrons. The van der Waals surface area contributed by atoms with E-state index in [1.54, 1.807) is 7.11 Å². The lowest BCUT2D eigenvalue weighted by Gasteiger charge is -2.29. The zero-order chi connectivity index (χ0) is 26.6. The topological polar surface area (TPSA) is 53.1 Å². The van der Waals surface area contributed by atoms with Crippen LogP contribution in [0.25, 0.3) is 0 Å². The van der Waals surface area contributed by atoms with E-state index in [9.17, 15) is 9.59 Å². The van der Waals surface area contributed by atoms with Crippen molar-refractivity contribution in [2.75, 3.05) is 43.6 Å². The van der Waals surface area contributed by atoms with Gasteiger partial charge in [-0.25, -0.2) is 0 Å². The highest BCUT2D eigenvalue weighted by atomic mass is 16.5. The quantitative estimate of drug-likeness (QED) is 0.442. The lowest BCUT2D eigenvalue weighted by atomic mass is 10.1. The van der Waals surface area contributed by atoms with Crippen molar-refractivity contribution >= 4 is 23.2 Å². The fourth-order valence-electron chi connectivity index (χ4n) is 4.92. The molecule has 0 fully saturated rings. The van der Waals surface area contributed by atoms with E-state index >= 15 is 0 Å². The first kappa shape index (κ1) is 28.5. The minimum Gasteiger partial charge on any atom is -0.497 e. The predicted octanol–water partition coefficient (Wildman–Crippen LogP) is 6.28. The Hall–Kier alpha value is -3.02. The second kappa shape index (κ2) is 14.7. The van der Waals surface area contributed by atoms with Crippen molar-refractivity contribution < 1.29 is 14.3 Å². The highest BCUT2D eigenvalue weighted by Crippen LogP contribution is 2.26. The van der Waals surface area contributed by atoms with Crippen molar-refractivity contribution in [3.05, 3.63) is 54.1 Å². The molecular weight excluding hydrogens is 462 g/mol. The third kappa shape index (κ3) is 8.80. The minimum atomic E-state index is 0.152. The molecule has 0 spiro atoms. The Bertz CT molecular complexity index is 1010. The Kier molecular flexibility index (Phi) is 11.3. The zero-order valence-electron chi connectivity index (χ0n) is 23.2. The summed E-state index contributed by atoms with van der Waals surface area (Å²) < 4.78 is 5.35. The molecule has 0 unspecified atom stereocenters. The van der Waals surface area contributed by atoms with Crippen LogP contribution in [0.1, 0.15) is 70.8 Å². The van der Waals surface area contributed by atoms with Gasteiger partial charge in [0.1, 0.15) is 5.75 Å². The van der Waals surface area contributed by atoms with E-state index < -0.39 is 0 Å². The molecule has 0 bridgehead atoms. The largest absolute Gasteiger partial charge is 0.497 e. The first-order chi connectivity index (χ1) is 17.9. The summed E-state index contributed by atoms with van der Waals surface area (Å²) in [5.74, 6) is 1.45. The van der Waals surface area contributed by atoms with Crippen LogP contribution in [0.4, 0.5) is 11.4 Å². The second-order valence-corrected chi connectivity index (χ2v) is 10.6. The predicted molar refractivity (Wildman–Crippen MR) is 152 cm³/mol. The van der Waals surface area contributed by atoms with Crippen LogP contribution in [0.2, 0.25) is 0 Å². The molecule has 1 aliphatic heterocycles. The number of anilines is 2. The van der Waals surface area contributed by atoms with Crippen molar-refractivity contribution in [1.82, 2.24) is 4.90 Å². The van der Waals surface area contributed by atoms with Crippen LogP contribution in [-0.4, -0.2) is 50.5 Å². The number of carbonyl (C=O) groups excluding carboxylic acids is 2. The molecule has 37 heavy (non-hydrogen) atoms. The number of benzene rings is 2. The number of methoxy groups -OCH3 is 1. The lowest BCUT2D eigenvalue weighted by Crippen LogP contribution is -2.36. The van der Waals surface area contributed by atoms with Crippen LogP contribution in [0.15, 0.2) is 48.5 Å². The molecule has 0 atom stereocenters. The summed E-state index contributed by atoms with van der Waals surface area (Å²) in [6, 6.07) is 16.1. The molecule has 6 nitrogen and oxygen atoms in total.